The van der Waals surface area contributed by atoms with Gasteiger partial charge in [-0.1, -0.05) is 12.1 Å². The van der Waals surface area contributed by atoms with Crippen molar-refractivity contribution in [3.05, 3.63) is 53.0 Å². The standard InChI is InChI=1S/C20H19NO5S/c1-24-13-7-8-17(25-2)14(11-13)16(22)12-26-20(23)10-9-19-21-15-5-3-4-6-18(15)27-19/h3-8,11H,9-10,12H2,1-2H3. The van der Waals surface area contributed by atoms with Gasteiger partial charge in [0.1, 0.15) is 11.5 Å². The van der Waals surface area contributed by atoms with Crippen molar-refractivity contribution in [2.75, 3.05) is 20.8 Å². The molecule has 0 amide bonds. The summed E-state index contributed by atoms with van der Waals surface area (Å²) < 4.78 is 16.5. The van der Waals surface area contributed by atoms with Gasteiger partial charge in [0, 0.05) is 6.42 Å². The molecule has 140 valence electrons. The van der Waals surface area contributed by atoms with Crippen LogP contribution in [0.1, 0.15) is 21.8 Å². The number of hydrogen-bond acceptors (Lipinski definition) is 7. The third kappa shape index (κ3) is 4.62. The first-order valence-electron chi connectivity index (χ1n) is 8.36. The van der Waals surface area contributed by atoms with E-state index in [9.17, 15) is 9.59 Å². The van der Waals surface area contributed by atoms with Crippen LogP contribution in [0.15, 0.2) is 42.5 Å². The summed E-state index contributed by atoms with van der Waals surface area (Å²) in [6, 6.07) is 12.7. The molecule has 7 heteroatoms. The van der Waals surface area contributed by atoms with Gasteiger partial charge in [-0.25, -0.2) is 4.98 Å². The molecule has 0 aliphatic rings. The molecule has 27 heavy (non-hydrogen) atoms. The number of esters is 1. The number of thiazole rings is 1. The Kier molecular flexibility index (Phi) is 6.03. The topological polar surface area (TPSA) is 74.7 Å². The van der Waals surface area contributed by atoms with Crippen molar-refractivity contribution in [3.8, 4) is 11.5 Å². The van der Waals surface area contributed by atoms with Gasteiger partial charge in [-0.05, 0) is 30.3 Å². The largest absolute Gasteiger partial charge is 0.497 e. The van der Waals surface area contributed by atoms with Crippen molar-refractivity contribution in [1.82, 2.24) is 4.98 Å². The molecule has 0 radical (unpaired) electrons. The first kappa shape index (κ1) is 18.8. The number of carbonyl (C=O) groups excluding carboxylic acids is 2. The lowest BCUT2D eigenvalue weighted by Gasteiger charge is -2.10. The normalized spacial score (nSPS) is 10.6. The van der Waals surface area contributed by atoms with Crippen LogP contribution in [0.4, 0.5) is 0 Å². The molecule has 0 fully saturated rings. The Bertz CT molecular complexity index is 933. The lowest BCUT2D eigenvalue weighted by atomic mass is 10.1. The minimum Gasteiger partial charge on any atom is -0.497 e. The van der Waals surface area contributed by atoms with E-state index in [2.05, 4.69) is 4.98 Å². The molecular formula is C20H19NO5S. The van der Waals surface area contributed by atoms with Crippen molar-refractivity contribution in [2.45, 2.75) is 12.8 Å². The molecular weight excluding hydrogens is 366 g/mol. The second-order valence-electron chi connectivity index (χ2n) is 5.73. The van der Waals surface area contributed by atoms with Gasteiger partial charge in [-0.3, -0.25) is 9.59 Å². The van der Waals surface area contributed by atoms with E-state index < -0.39 is 5.97 Å². The molecule has 3 rings (SSSR count). The van der Waals surface area contributed by atoms with E-state index in [1.54, 1.807) is 29.5 Å². The van der Waals surface area contributed by atoms with E-state index >= 15 is 0 Å². The number of para-hydroxylation sites is 1. The fraction of sp³-hybridized carbons (Fsp3) is 0.250. The third-order valence-electron chi connectivity index (χ3n) is 3.95. The number of rotatable bonds is 8. The smallest absolute Gasteiger partial charge is 0.306 e. The highest BCUT2D eigenvalue weighted by Gasteiger charge is 2.16. The van der Waals surface area contributed by atoms with Crippen LogP contribution in [0.2, 0.25) is 0 Å². The maximum Gasteiger partial charge on any atom is 0.306 e. The Balaban J connectivity index is 1.55. The lowest BCUT2D eigenvalue weighted by molar-refractivity contribution is -0.142. The number of carbonyl (C=O) groups is 2. The second kappa shape index (κ2) is 8.64. The van der Waals surface area contributed by atoms with Crippen LogP contribution >= 0.6 is 11.3 Å². The molecule has 0 bridgehead atoms. The maximum atomic E-state index is 12.4. The van der Waals surface area contributed by atoms with E-state index in [-0.39, 0.29) is 18.8 Å². The molecule has 0 aliphatic heterocycles. The predicted molar refractivity (Wildman–Crippen MR) is 103 cm³/mol. The van der Waals surface area contributed by atoms with E-state index in [0.29, 0.717) is 23.5 Å². The van der Waals surface area contributed by atoms with Crippen LogP contribution < -0.4 is 9.47 Å². The summed E-state index contributed by atoms with van der Waals surface area (Å²) >= 11 is 1.55. The number of aryl methyl sites for hydroxylation is 1. The van der Waals surface area contributed by atoms with Gasteiger partial charge in [0.2, 0.25) is 5.78 Å². The van der Waals surface area contributed by atoms with Crippen LogP contribution in [0.3, 0.4) is 0 Å². The van der Waals surface area contributed by atoms with Crippen molar-refractivity contribution >= 4 is 33.3 Å². The Morgan fingerprint density at radius 2 is 1.89 bits per heavy atom. The number of hydrogen-bond donors (Lipinski definition) is 0. The molecule has 1 heterocycles. The van der Waals surface area contributed by atoms with Crippen LogP contribution in [-0.4, -0.2) is 37.6 Å². The van der Waals surface area contributed by atoms with Gasteiger partial charge in [0.15, 0.2) is 6.61 Å². The van der Waals surface area contributed by atoms with Gasteiger partial charge < -0.3 is 14.2 Å². The zero-order valence-electron chi connectivity index (χ0n) is 15.1. The summed E-state index contributed by atoms with van der Waals surface area (Å²) in [5.74, 6) is 0.149. The average Bonchev–Trinajstić information content (AvgIpc) is 3.13. The first-order valence-corrected chi connectivity index (χ1v) is 9.17. The summed E-state index contributed by atoms with van der Waals surface area (Å²) in [6.45, 7) is -0.345. The van der Waals surface area contributed by atoms with Crippen LogP contribution in [-0.2, 0) is 16.0 Å². The van der Waals surface area contributed by atoms with Crippen LogP contribution in [0.25, 0.3) is 10.2 Å². The highest BCUT2D eigenvalue weighted by Crippen LogP contribution is 2.25. The molecule has 2 aromatic carbocycles. The number of benzene rings is 2. The van der Waals surface area contributed by atoms with Gasteiger partial charge in [-0.15, -0.1) is 11.3 Å². The van der Waals surface area contributed by atoms with Gasteiger partial charge >= 0.3 is 5.97 Å². The molecule has 0 unspecified atom stereocenters. The molecule has 0 aliphatic carbocycles. The van der Waals surface area contributed by atoms with Crippen molar-refractivity contribution in [3.63, 3.8) is 0 Å². The van der Waals surface area contributed by atoms with Crippen molar-refractivity contribution in [2.24, 2.45) is 0 Å². The molecule has 1 aromatic heterocycles. The van der Waals surface area contributed by atoms with Crippen molar-refractivity contribution in [1.29, 1.82) is 0 Å². The number of nitrogens with zero attached hydrogens (tertiary/aromatic N) is 1. The minimum atomic E-state index is -0.440. The van der Waals surface area contributed by atoms with E-state index in [1.165, 1.54) is 14.2 Å². The number of methoxy groups -OCH3 is 2. The van der Waals surface area contributed by atoms with E-state index in [0.717, 1.165) is 15.2 Å². The Labute approximate surface area is 160 Å². The number of Topliss-reactive ketones (excluding diaryl/α,β-unsaturated/α-hetero) is 1. The fourth-order valence-corrected chi connectivity index (χ4v) is 3.53. The highest BCUT2D eigenvalue weighted by molar-refractivity contribution is 7.18. The second-order valence-corrected chi connectivity index (χ2v) is 6.84. The first-order chi connectivity index (χ1) is 13.1. The van der Waals surface area contributed by atoms with E-state index in [4.69, 9.17) is 14.2 Å². The molecule has 6 nitrogen and oxygen atoms in total. The Hall–Kier alpha value is -2.93. The molecule has 0 saturated heterocycles. The van der Waals surface area contributed by atoms with Crippen LogP contribution in [0, 0.1) is 0 Å². The van der Waals surface area contributed by atoms with Gasteiger partial charge in [0.05, 0.1) is 41.4 Å². The van der Waals surface area contributed by atoms with Crippen molar-refractivity contribution < 1.29 is 23.8 Å². The van der Waals surface area contributed by atoms with Gasteiger partial charge in [0.25, 0.3) is 0 Å². The van der Waals surface area contributed by atoms with Crippen LogP contribution in [0.5, 0.6) is 11.5 Å². The minimum absolute atomic E-state index is 0.169. The monoisotopic (exact) mass is 385 g/mol. The Morgan fingerprint density at radius 1 is 1.07 bits per heavy atom. The molecule has 3 aromatic rings. The van der Waals surface area contributed by atoms with E-state index in [1.807, 2.05) is 24.3 Å². The number of ether oxygens (including phenoxy) is 3. The molecule has 0 spiro atoms. The number of ketones is 1. The average molecular weight is 385 g/mol. The SMILES string of the molecule is COc1ccc(OC)c(C(=O)COC(=O)CCc2nc3ccccc3s2)c1. The number of aromatic nitrogens is 1. The molecule has 0 atom stereocenters. The van der Waals surface area contributed by atoms with Gasteiger partial charge in [-0.2, -0.15) is 0 Å². The lowest BCUT2D eigenvalue weighted by Crippen LogP contribution is -2.15. The summed E-state index contributed by atoms with van der Waals surface area (Å²) in [7, 11) is 2.99. The predicted octanol–water partition coefficient (Wildman–Crippen LogP) is 3.67. The fourth-order valence-electron chi connectivity index (χ4n) is 2.56. The summed E-state index contributed by atoms with van der Waals surface area (Å²) in [5, 5.41) is 0.869. The molecule has 0 N–H and O–H groups in total. The zero-order chi connectivity index (χ0) is 19.2. The highest BCUT2D eigenvalue weighted by atomic mass is 32.1. The summed E-state index contributed by atoms with van der Waals surface area (Å²) in [4.78, 5) is 28.8. The quantitative estimate of drug-likeness (QED) is 0.435. The zero-order valence-corrected chi connectivity index (χ0v) is 15.9. The third-order valence-corrected chi connectivity index (χ3v) is 5.05. The number of fused-ring (bicyclic) bond motifs is 1. The summed E-state index contributed by atoms with van der Waals surface area (Å²) in [6.07, 6.45) is 0.650. The summed E-state index contributed by atoms with van der Waals surface area (Å²) in [5.41, 5.74) is 1.24. The molecule has 0 saturated carbocycles. The Morgan fingerprint density at radius 3 is 2.63 bits per heavy atom. The maximum absolute atomic E-state index is 12.4.